The zero-order valence-electron chi connectivity index (χ0n) is 8.56. The van der Waals surface area contributed by atoms with Gasteiger partial charge in [-0.1, -0.05) is 30.3 Å². The molecule has 1 aromatic rings. The summed E-state index contributed by atoms with van der Waals surface area (Å²) in [4.78, 5) is 0. The Morgan fingerprint density at radius 1 is 1.40 bits per heavy atom. The average molecular weight is 227 g/mol. The lowest BCUT2D eigenvalue weighted by Gasteiger charge is -2.09. The fourth-order valence-corrected chi connectivity index (χ4v) is 1.69. The smallest absolute Gasteiger partial charge is 0.104 e. The van der Waals surface area contributed by atoms with Crippen molar-refractivity contribution in [2.75, 3.05) is 19.8 Å². The highest BCUT2D eigenvalue weighted by Crippen LogP contribution is 2.11. The number of rotatable bonds is 6. The van der Waals surface area contributed by atoms with Crippen LogP contribution < -0.4 is 0 Å². The molecule has 1 saturated heterocycles. The molecule has 2 atom stereocenters. The van der Waals surface area contributed by atoms with Crippen molar-refractivity contribution < 1.29 is 9.47 Å². The summed E-state index contributed by atoms with van der Waals surface area (Å²) in [5, 5.41) is 0.0474. The first kappa shape index (κ1) is 10.9. The lowest BCUT2D eigenvalue weighted by molar-refractivity contribution is 0.116. The molecule has 2 unspecified atom stereocenters. The van der Waals surface area contributed by atoms with Gasteiger partial charge in [0.15, 0.2) is 0 Å². The Bertz CT molecular complexity index is 285. The van der Waals surface area contributed by atoms with Gasteiger partial charge in [-0.05, 0) is 12.0 Å². The molecule has 1 fully saturated rings. The second kappa shape index (κ2) is 5.50. The number of alkyl halides is 1. The summed E-state index contributed by atoms with van der Waals surface area (Å²) in [7, 11) is 0. The van der Waals surface area contributed by atoms with E-state index in [1.54, 1.807) is 0 Å². The molecule has 0 N–H and O–H groups in total. The zero-order valence-corrected chi connectivity index (χ0v) is 9.32. The predicted octanol–water partition coefficient (Wildman–Crippen LogP) is 2.25. The van der Waals surface area contributed by atoms with Gasteiger partial charge < -0.3 is 9.47 Å². The highest BCUT2D eigenvalue weighted by molar-refractivity contribution is 6.20. The molecule has 1 aliphatic rings. The monoisotopic (exact) mass is 226 g/mol. The van der Waals surface area contributed by atoms with Crippen molar-refractivity contribution in [3.05, 3.63) is 35.9 Å². The van der Waals surface area contributed by atoms with E-state index in [0.29, 0.717) is 19.3 Å². The van der Waals surface area contributed by atoms with Crippen molar-refractivity contribution in [2.24, 2.45) is 0 Å². The Labute approximate surface area is 95.1 Å². The van der Waals surface area contributed by atoms with E-state index < -0.39 is 0 Å². The molecule has 0 aromatic heterocycles. The Balaban J connectivity index is 1.65. The third-order valence-corrected chi connectivity index (χ3v) is 2.59. The second-order valence-electron chi connectivity index (χ2n) is 3.78. The number of benzene rings is 1. The van der Waals surface area contributed by atoms with E-state index in [0.717, 1.165) is 13.0 Å². The summed E-state index contributed by atoms with van der Waals surface area (Å²) in [6.45, 7) is 2.11. The van der Waals surface area contributed by atoms with Crippen molar-refractivity contribution in [1.82, 2.24) is 0 Å². The first-order chi connectivity index (χ1) is 7.34. The summed E-state index contributed by atoms with van der Waals surface area (Å²) in [6.07, 6.45) is 1.18. The van der Waals surface area contributed by atoms with E-state index in [4.69, 9.17) is 21.1 Å². The molecular formula is C12H15ClO2. The number of epoxide rings is 1. The Morgan fingerprint density at radius 3 is 2.80 bits per heavy atom. The summed E-state index contributed by atoms with van der Waals surface area (Å²) < 4.78 is 10.5. The van der Waals surface area contributed by atoms with Crippen LogP contribution in [0, 0.1) is 0 Å². The van der Waals surface area contributed by atoms with Crippen LogP contribution in [-0.4, -0.2) is 31.3 Å². The SMILES string of the molecule is ClC(COCC1CO1)Cc1ccccc1. The van der Waals surface area contributed by atoms with Crippen LogP contribution in [-0.2, 0) is 15.9 Å². The van der Waals surface area contributed by atoms with E-state index in [1.165, 1.54) is 5.56 Å². The molecule has 0 spiro atoms. The summed E-state index contributed by atoms with van der Waals surface area (Å²) in [5.41, 5.74) is 1.25. The maximum Gasteiger partial charge on any atom is 0.104 e. The zero-order chi connectivity index (χ0) is 10.5. The van der Waals surface area contributed by atoms with Gasteiger partial charge in [0.1, 0.15) is 6.10 Å². The number of hydrogen-bond donors (Lipinski definition) is 0. The molecule has 0 radical (unpaired) electrons. The van der Waals surface area contributed by atoms with E-state index in [1.807, 2.05) is 18.2 Å². The first-order valence-electron chi connectivity index (χ1n) is 5.22. The minimum atomic E-state index is 0.0474. The third-order valence-electron chi connectivity index (χ3n) is 2.30. The van der Waals surface area contributed by atoms with Crippen LogP contribution in [0.3, 0.4) is 0 Å². The highest BCUT2D eigenvalue weighted by atomic mass is 35.5. The molecule has 1 aromatic carbocycles. The van der Waals surface area contributed by atoms with E-state index >= 15 is 0 Å². The van der Waals surface area contributed by atoms with Crippen molar-refractivity contribution >= 4 is 11.6 Å². The maximum atomic E-state index is 6.15. The van der Waals surface area contributed by atoms with Crippen LogP contribution in [0.15, 0.2) is 30.3 Å². The Hall–Kier alpha value is -0.570. The van der Waals surface area contributed by atoms with Gasteiger partial charge in [0, 0.05) is 0 Å². The summed E-state index contributed by atoms with van der Waals surface area (Å²) in [5.74, 6) is 0. The Morgan fingerprint density at radius 2 is 2.13 bits per heavy atom. The van der Waals surface area contributed by atoms with Gasteiger partial charge in [-0.25, -0.2) is 0 Å². The molecular weight excluding hydrogens is 212 g/mol. The van der Waals surface area contributed by atoms with E-state index in [2.05, 4.69) is 12.1 Å². The molecule has 0 aliphatic carbocycles. The molecule has 2 nitrogen and oxygen atoms in total. The van der Waals surface area contributed by atoms with Gasteiger partial charge in [0.05, 0.1) is 25.2 Å². The van der Waals surface area contributed by atoms with Gasteiger partial charge in [0.2, 0.25) is 0 Å². The predicted molar refractivity (Wildman–Crippen MR) is 60.3 cm³/mol. The summed E-state index contributed by atoms with van der Waals surface area (Å²) >= 11 is 6.15. The van der Waals surface area contributed by atoms with Gasteiger partial charge in [-0.15, -0.1) is 11.6 Å². The van der Waals surface area contributed by atoms with Gasteiger partial charge in [0.25, 0.3) is 0 Å². The molecule has 0 amide bonds. The molecule has 2 rings (SSSR count). The van der Waals surface area contributed by atoms with Gasteiger partial charge in [-0.2, -0.15) is 0 Å². The van der Waals surface area contributed by atoms with Crippen LogP contribution in [0.2, 0.25) is 0 Å². The third kappa shape index (κ3) is 4.20. The number of halogens is 1. The number of ether oxygens (including phenoxy) is 2. The molecule has 0 saturated carbocycles. The minimum absolute atomic E-state index is 0.0474. The molecule has 1 aliphatic heterocycles. The van der Waals surface area contributed by atoms with Gasteiger partial charge in [-0.3, -0.25) is 0 Å². The largest absolute Gasteiger partial charge is 0.377 e. The van der Waals surface area contributed by atoms with Gasteiger partial charge >= 0.3 is 0 Å². The summed E-state index contributed by atoms with van der Waals surface area (Å²) in [6, 6.07) is 10.2. The first-order valence-corrected chi connectivity index (χ1v) is 5.65. The Kier molecular flexibility index (Phi) is 4.01. The van der Waals surface area contributed by atoms with Crippen molar-refractivity contribution in [3.8, 4) is 0 Å². The van der Waals surface area contributed by atoms with Crippen LogP contribution in [0.25, 0.3) is 0 Å². The standard InChI is InChI=1S/C12H15ClO2/c13-11(7-14-8-12-9-15-12)6-10-4-2-1-3-5-10/h1-5,11-12H,6-9H2. The molecule has 3 heteroatoms. The van der Waals surface area contributed by atoms with Crippen molar-refractivity contribution in [1.29, 1.82) is 0 Å². The minimum Gasteiger partial charge on any atom is -0.377 e. The van der Waals surface area contributed by atoms with Crippen LogP contribution >= 0.6 is 11.6 Å². The molecule has 0 bridgehead atoms. The van der Waals surface area contributed by atoms with Crippen molar-refractivity contribution in [2.45, 2.75) is 17.9 Å². The fraction of sp³-hybridized carbons (Fsp3) is 0.500. The lowest BCUT2D eigenvalue weighted by Crippen LogP contribution is -2.14. The van der Waals surface area contributed by atoms with E-state index in [9.17, 15) is 0 Å². The second-order valence-corrected chi connectivity index (χ2v) is 4.40. The lowest BCUT2D eigenvalue weighted by atomic mass is 10.1. The highest BCUT2D eigenvalue weighted by Gasteiger charge is 2.22. The van der Waals surface area contributed by atoms with Crippen LogP contribution in [0.1, 0.15) is 5.56 Å². The average Bonchev–Trinajstić information content (AvgIpc) is 3.03. The van der Waals surface area contributed by atoms with E-state index in [-0.39, 0.29) is 5.38 Å². The topological polar surface area (TPSA) is 21.8 Å². The van der Waals surface area contributed by atoms with Crippen LogP contribution in [0.4, 0.5) is 0 Å². The maximum absolute atomic E-state index is 6.15. The van der Waals surface area contributed by atoms with Crippen molar-refractivity contribution in [3.63, 3.8) is 0 Å². The molecule has 15 heavy (non-hydrogen) atoms. The molecule has 1 heterocycles. The van der Waals surface area contributed by atoms with Crippen LogP contribution in [0.5, 0.6) is 0 Å². The quantitative estimate of drug-likeness (QED) is 0.548. The molecule has 82 valence electrons. The number of hydrogen-bond acceptors (Lipinski definition) is 2. The fourth-order valence-electron chi connectivity index (χ4n) is 1.42. The normalized spacial score (nSPS) is 21.3.